The summed E-state index contributed by atoms with van der Waals surface area (Å²) in [6, 6.07) is 76.5. The van der Waals surface area contributed by atoms with Gasteiger partial charge in [-0.25, -0.2) is 0 Å². The first-order chi connectivity index (χ1) is 30.8. The number of para-hydroxylation sites is 3. The van der Waals surface area contributed by atoms with Crippen molar-refractivity contribution in [3.63, 3.8) is 0 Å². The van der Waals surface area contributed by atoms with Crippen LogP contribution in [0.2, 0.25) is 0 Å². The van der Waals surface area contributed by atoms with Crippen molar-refractivity contribution in [3.05, 3.63) is 235 Å². The molecular weight excluding hydrogens is 771 g/mol. The van der Waals surface area contributed by atoms with Crippen LogP contribution in [0.15, 0.2) is 212 Å². The summed E-state index contributed by atoms with van der Waals surface area (Å²) in [6.45, 7) is 0. The molecule has 0 aliphatic heterocycles. The molecule has 1 aliphatic carbocycles. The van der Waals surface area contributed by atoms with Gasteiger partial charge in [0.25, 0.3) is 0 Å². The summed E-state index contributed by atoms with van der Waals surface area (Å²) in [6.07, 6.45) is 2.04. The molecule has 14 rings (SSSR count). The predicted octanol–water partition coefficient (Wildman–Crippen LogP) is 15.1. The third-order valence-corrected chi connectivity index (χ3v) is 14.7. The Morgan fingerprint density at radius 2 is 1.05 bits per heavy atom. The number of nitrogens with zero attached hydrogens (tertiary/aromatic N) is 3. The highest BCUT2D eigenvalue weighted by atomic mass is 32.1. The molecular formula is C58H35N3S. The molecule has 0 fully saturated rings. The van der Waals surface area contributed by atoms with E-state index in [4.69, 9.17) is 4.98 Å². The Morgan fingerprint density at radius 3 is 1.85 bits per heavy atom. The first-order valence-corrected chi connectivity index (χ1v) is 22.1. The lowest BCUT2D eigenvalue weighted by Gasteiger charge is -2.33. The fraction of sp³-hybridized carbons (Fsp3) is 0.0172. The summed E-state index contributed by atoms with van der Waals surface area (Å²) in [4.78, 5) is 4.93. The Morgan fingerprint density at radius 1 is 0.403 bits per heavy atom. The van der Waals surface area contributed by atoms with E-state index in [1.807, 2.05) is 17.5 Å². The number of thiophene rings is 1. The summed E-state index contributed by atoms with van der Waals surface area (Å²) in [5, 5.41) is 6.34. The second-order valence-corrected chi connectivity index (χ2v) is 17.7. The lowest BCUT2D eigenvalue weighted by Crippen LogP contribution is -2.28. The van der Waals surface area contributed by atoms with Crippen molar-refractivity contribution < 1.29 is 0 Å². The van der Waals surface area contributed by atoms with Crippen LogP contribution in [-0.4, -0.2) is 14.0 Å². The zero-order chi connectivity index (χ0) is 40.5. The van der Waals surface area contributed by atoms with Gasteiger partial charge in [-0.15, -0.1) is 11.3 Å². The van der Waals surface area contributed by atoms with E-state index >= 15 is 0 Å². The average Bonchev–Trinajstić information content (AvgIpc) is 4.06. The Bertz CT molecular complexity index is 3930. The van der Waals surface area contributed by atoms with Gasteiger partial charge < -0.3 is 8.97 Å². The average molecular weight is 806 g/mol. The van der Waals surface area contributed by atoms with Crippen molar-refractivity contribution in [1.29, 1.82) is 0 Å². The largest absolute Gasteiger partial charge is 0.309 e. The molecule has 0 saturated heterocycles. The maximum absolute atomic E-state index is 4.93. The quantitative estimate of drug-likeness (QED) is 0.174. The smallest absolute Gasteiger partial charge is 0.0871 e. The molecule has 1 aliphatic rings. The molecule has 0 bridgehead atoms. The summed E-state index contributed by atoms with van der Waals surface area (Å²) < 4.78 is 7.50. The fourth-order valence-electron chi connectivity index (χ4n) is 11.1. The first-order valence-electron chi connectivity index (χ1n) is 21.3. The zero-order valence-corrected chi connectivity index (χ0v) is 34.3. The van der Waals surface area contributed by atoms with Crippen molar-refractivity contribution >= 4 is 80.8 Å². The van der Waals surface area contributed by atoms with Crippen LogP contribution in [0, 0.1) is 0 Å². The molecule has 0 saturated carbocycles. The lowest BCUT2D eigenvalue weighted by atomic mass is 9.67. The van der Waals surface area contributed by atoms with Gasteiger partial charge in [0.05, 0.1) is 44.7 Å². The number of rotatable bonds is 4. The van der Waals surface area contributed by atoms with E-state index in [1.54, 1.807) is 0 Å². The van der Waals surface area contributed by atoms with E-state index in [2.05, 4.69) is 215 Å². The van der Waals surface area contributed by atoms with E-state index in [0.29, 0.717) is 0 Å². The minimum Gasteiger partial charge on any atom is -0.309 e. The molecule has 4 heteroatoms. The minimum absolute atomic E-state index is 0.482. The molecule has 13 aromatic rings. The van der Waals surface area contributed by atoms with E-state index in [9.17, 15) is 0 Å². The van der Waals surface area contributed by atoms with Gasteiger partial charge in [-0.3, -0.25) is 4.98 Å². The fourth-order valence-corrected chi connectivity index (χ4v) is 12.2. The van der Waals surface area contributed by atoms with Crippen molar-refractivity contribution in [2.24, 2.45) is 0 Å². The van der Waals surface area contributed by atoms with Crippen molar-refractivity contribution in [3.8, 4) is 27.9 Å². The third-order valence-electron chi connectivity index (χ3n) is 13.6. The van der Waals surface area contributed by atoms with Crippen LogP contribution in [0.1, 0.15) is 22.3 Å². The van der Waals surface area contributed by atoms with Crippen LogP contribution in [0.5, 0.6) is 0 Å². The highest BCUT2D eigenvalue weighted by Crippen LogP contribution is 2.57. The van der Waals surface area contributed by atoms with E-state index in [1.165, 1.54) is 97.4 Å². The van der Waals surface area contributed by atoms with Crippen LogP contribution in [0.4, 0.5) is 0 Å². The van der Waals surface area contributed by atoms with E-state index < -0.39 is 5.41 Å². The second kappa shape index (κ2) is 12.6. The Kier molecular flexibility index (Phi) is 6.92. The van der Waals surface area contributed by atoms with Gasteiger partial charge in [-0.05, 0) is 99.6 Å². The molecule has 4 heterocycles. The summed E-state index contributed by atoms with van der Waals surface area (Å²) in [5.74, 6) is 0. The zero-order valence-electron chi connectivity index (χ0n) is 33.5. The SMILES string of the molecule is c1ccc(C2(c3ccccc3)c3ccccc3-c3cc4c(cc32)c2cc3sc5ccccc5c3cc2n4-c2ccc(-c3c4ccccc4n4c3cnc3ccccc34)cc2)cc1. The second-order valence-electron chi connectivity index (χ2n) is 16.6. The van der Waals surface area contributed by atoms with Gasteiger partial charge in [0.1, 0.15) is 0 Å². The summed E-state index contributed by atoms with van der Waals surface area (Å²) in [5.41, 5.74) is 17.6. The standard InChI is InChI=1S/C58H35N3S/c1-3-15-37(16-4-1)58(38-17-5-2-6-18-38)47-22-10-7-19-40(47)43-32-52-44(31-48(43)58)45-34-56-46(41-20-9-14-26-55(41)62-56)33-53(45)60(52)39-29-27-36(28-30-39)57-42-21-8-12-24-50(42)61-51-25-13-11-23-49(51)59-35-54(57)61/h1-35H. The van der Waals surface area contributed by atoms with Crippen molar-refractivity contribution in [2.45, 2.75) is 5.41 Å². The Hall–Kier alpha value is -7.79. The number of fused-ring (bicyclic) bond motifs is 14. The van der Waals surface area contributed by atoms with Crippen LogP contribution in [0.3, 0.4) is 0 Å². The highest BCUT2D eigenvalue weighted by Gasteiger charge is 2.46. The van der Waals surface area contributed by atoms with Gasteiger partial charge in [-0.2, -0.15) is 0 Å². The number of aromatic nitrogens is 3. The predicted molar refractivity (Wildman–Crippen MR) is 260 cm³/mol. The van der Waals surface area contributed by atoms with E-state index in [0.717, 1.165) is 22.2 Å². The maximum atomic E-state index is 4.93. The van der Waals surface area contributed by atoms with Crippen LogP contribution < -0.4 is 0 Å². The molecule has 0 atom stereocenters. The Balaban J connectivity index is 1.06. The van der Waals surface area contributed by atoms with Crippen LogP contribution in [-0.2, 0) is 5.41 Å². The molecule has 0 amide bonds. The molecule has 0 spiro atoms. The number of hydrogen-bond acceptors (Lipinski definition) is 2. The Labute approximate surface area is 361 Å². The normalized spacial score (nSPS) is 13.3. The monoisotopic (exact) mass is 805 g/mol. The maximum Gasteiger partial charge on any atom is 0.0871 e. The molecule has 0 N–H and O–H groups in total. The summed E-state index contributed by atoms with van der Waals surface area (Å²) >= 11 is 1.89. The topological polar surface area (TPSA) is 22.2 Å². The highest BCUT2D eigenvalue weighted by molar-refractivity contribution is 7.25. The van der Waals surface area contributed by atoms with Gasteiger partial charge in [0.2, 0.25) is 0 Å². The lowest BCUT2D eigenvalue weighted by molar-refractivity contribution is 0.769. The van der Waals surface area contributed by atoms with Crippen LogP contribution in [0.25, 0.3) is 97.4 Å². The van der Waals surface area contributed by atoms with Crippen molar-refractivity contribution in [2.75, 3.05) is 0 Å². The molecule has 4 aromatic heterocycles. The van der Waals surface area contributed by atoms with Gasteiger partial charge >= 0.3 is 0 Å². The third kappa shape index (κ3) is 4.46. The molecule has 0 radical (unpaired) electrons. The molecule has 288 valence electrons. The van der Waals surface area contributed by atoms with Gasteiger partial charge in [0, 0.05) is 47.6 Å². The van der Waals surface area contributed by atoms with E-state index in [-0.39, 0.29) is 0 Å². The molecule has 9 aromatic carbocycles. The number of benzene rings is 9. The number of hydrogen-bond donors (Lipinski definition) is 0. The first kappa shape index (κ1) is 34.0. The molecule has 62 heavy (non-hydrogen) atoms. The van der Waals surface area contributed by atoms with Gasteiger partial charge in [0.15, 0.2) is 0 Å². The summed E-state index contributed by atoms with van der Waals surface area (Å²) in [7, 11) is 0. The van der Waals surface area contributed by atoms with Crippen molar-refractivity contribution in [1.82, 2.24) is 14.0 Å². The minimum atomic E-state index is -0.482. The molecule has 3 nitrogen and oxygen atoms in total. The van der Waals surface area contributed by atoms with Crippen LogP contribution >= 0.6 is 11.3 Å². The molecule has 0 unspecified atom stereocenters. The van der Waals surface area contributed by atoms with Gasteiger partial charge in [-0.1, -0.05) is 146 Å².